The van der Waals surface area contributed by atoms with Crippen LogP contribution in [-0.2, 0) is 7.05 Å². The van der Waals surface area contributed by atoms with Crippen LogP contribution in [0.3, 0.4) is 0 Å². The number of hydrogen-bond acceptors (Lipinski definition) is 4. The fraction of sp³-hybridized carbons (Fsp3) is 0.273. The molecule has 1 atom stereocenters. The van der Waals surface area contributed by atoms with Gasteiger partial charge >= 0.3 is 0 Å². The van der Waals surface area contributed by atoms with E-state index in [0.717, 1.165) is 11.3 Å². The first-order valence-corrected chi connectivity index (χ1v) is 5.43. The molecule has 0 bridgehead atoms. The minimum atomic E-state index is -0.395. The summed E-state index contributed by atoms with van der Waals surface area (Å²) in [6, 6.07) is 1.42. The molecule has 2 N–H and O–H groups in total. The highest BCUT2D eigenvalue weighted by molar-refractivity contribution is 6.31. The summed E-state index contributed by atoms with van der Waals surface area (Å²) in [5, 5.41) is 4.61. The summed E-state index contributed by atoms with van der Waals surface area (Å²) in [5.74, 6) is 0.636. The summed E-state index contributed by atoms with van der Waals surface area (Å²) in [5.41, 5.74) is 7.76. The van der Waals surface area contributed by atoms with Gasteiger partial charge in [-0.1, -0.05) is 11.6 Å². The van der Waals surface area contributed by atoms with Crippen molar-refractivity contribution in [3.8, 4) is 5.75 Å². The van der Waals surface area contributed by atoms with Gasteiger partial charge in [-0.15, -0.1) is 0 Å². The van der Waals surface area contributed by atoms with Crippen molar-refractivity contribution in [2.24, 2.45) is 12.8 Å². The third-order valence-corrected chi connectivity index (χ3v) is 2.89. The summed E-state index contributed by atoms with van der Waals surface area (Å²) < 4.78 is 6.89. The van der Waals surface area contributed by atoms with E-state index < -0.39 is 6.04 Å². The maximum Gasteiger partial charge on any atom is 0.142 e. The smallest absolute Gasteiger partial charge is 0.142 e. The zero-order valence-corrected chi connectivity index (χ0v) is 10.3. The molecule has 0 fully saturated rings. The van der Waals surface area contributed by atoms with Crippen molar-refractivity contribution in [2.45, 2.75) is 6.04 Å². The Morgan fingerprint density at radius 3 is 2.82 bits per heavy atom. The lowest BCUT2D eigenvalue weighted by molar-refractivity contribution is 0.405. The van der Waals surface area contributed by atoms with Crippen LogP contribution in [0.25, 0.3) is 0 Å². The molecular formula is C11H13ClN4O. The second kappa shape index (κ2) is 4.73. The number of pyridine rings is 1. The van der Waals surface area contributed by atoms with Gasteiger partial charge in [-0.3, -0.25) is 9.67 Å². The quantitative estimate of drug-likeness (QED) is 0.900. The summed E-state index contributed by atoms with van der Waals surface area (Å²) in [6.07, 6.45) is 4.87. The van der Waals surface area contributed by atoms with Gasteiger partial charge in [-0.2, -0.15) is 5.10 Å². The van der Waals surface area contributed by atoms with Crippen molar-refractivity contribution in [1.82, 2.24) is 14.8 Å². The van der Waals surface area contributed by atoms with E-state index in [1.807, 2.05) is 6.07 Å². The van der Waals surface area contributed by atoms with Gasteiger partial charge in [0.05, 0.1) is 36.3 Å². The van der Waals surface area contributed by atoms with E-state index in [0.29, 0.717) is 10.8 Å². The monoisotopic (exact) mass is 252 g/mol. The molecule has 2 aromatic rings. The van der Waals surface area contributed by atoms with Crippen molar-refractivity contribution >= 4 is 11.6 Å². The van der Waals surface area contributed by atoms with Crippen LogP contribution in [0, 0.1) is 0 Å². The molecule has 0 saturated heterocycles. The molecule has 2 rings (SSSR count). The number of aromatic nitrogens is 3. The van der Waals surface area contributed by atoms with Crippen LogP contribution in [-0.4, -0.2) is 21.9 Å². The Bertz CT molecular complexity index is 506. The van der Waals surface area contributed by atoms with E-state index in [4.69, 9.17) is 22.1 Å². The van der Waals surface area contributed by atoms with E-state index in [1.165, 1.54) is 0 Å². The molecule has 0 radical (unpaired) electrons. The topological polar surface area (TPSA) is 66.0 Å². The predicted octanol–water partition coefficient (Wildman–Crippen LogP) is 1.53. The largest absolute Gasteiger partial charge is 0.495 e. The van der Waals surface area contributed by atoms with Crippen LogP contribution in [0.1, 0.15) is 17.3 Å². The number of ether oxygens (including phenoxy) is 1. The lowest BCUT2D eigenvalue weighted by atomic mass is 10.1. The zero-order valence-electron chi connectivity index (χ0n) is 9.59. The molecule has 2 heterocycles. The first kappa shape index (κ1) is 11.9. The second-order valence-corrected chi connectivity index (χ2v) is 4.00. The van der Waals surface area contributed by atoms with Gasteiger partial charge in [0, 0.05) is 18.8 Å². The highest BCUT2D eigenvalue weighted by atomic mass is 35.5. The van der Waals surface area contributed by atoms with Crippen LogP contribution in [0.15, 0.2) is 24.7 Å². The van der Waals surface area contributed by atoms with Crippen molar-refractivity contribution in [1.29, 1.82) is 0 Å². The molecule has 0 spiro atoms. The minimum absolute atomic E-state index is 0.395. The van der Waals surface area contributed by atoms with Gasteiger partial charge < -0.3 is 10.5 Å². The Morgan fingerprint density at radius 1 is 1.47 bits per heavy atom. The average molecular weight is 253 g/mol. The number of rotatable bonds is 3. The van der Waals surface area contributed by atoms with E-state index in [-0.39, 0.29) is 0 Å². The maximum absolute atomic E-state index is 6.19. The molecule has 0 aromatic carbocycles. The first-order chi connectivity index (χ1) is 8.15. The summed E-state index contributed by atoms with van der Waals surface area (Å²) in [6.45, 7) is 0. The van der Waals surface area contributed by atoms with Crippen LogP contribution < -0.4 is 10.5 Å². The van der Waals surface area contributed by atoms with Crippen molar-refractivity contribution in [3.63, 3.8) is 0 Å². The van der Waals surface area contributed by atoms with Crippen LogP contribution in [0.5, 0.6) is 5.75 Å². The third kappa shape index (κ3) is 2.11. The van der Waals surface area contributed by atoms with Crippen LogP contribution in [0.2, 0.25) is 5.02 Å². The first-order valence-electron chi connectivity index (χ1n) is 5.06. The average Bonchev–Trinajstić information content (AvgIpc) is 2.68. The molecule has 0 aliphatic heterocycles. The van der Waals surface area contributed by atoms with E-state index in [2.05, 4.69) is 10.1 Å². The molecule has 5 nitrogen and oxygen atoms in total. The van der Waals surface area contributed by atoms with Crippen molar-refractivity contribution < 1.29 is 4.74 Å². The summed E-state index contributed by atoms with van der Waals surface area (Å²) >= 11 is 6.07. The normalized spacial score (nSPS) is 12.5. The van der Waals surface area contributed by atoms with Crippen molar-refractivity contribution in [3.05, 3.63) is 40.9 Å². The lowest BCUT2D eigenvalue weighted by Crippen LogP contribution is -2.17. The number of aryl methyl sites for hydroxylation is 1. The predicted molar refractivity (Wildman–Crippen MR) is 65.0 cm³/mol. The Balaban J connectivity index is 2.47. The number of nitrogens with zero attached hydrogens (tertiary/aromatic N) is 3. The van der Waals surface area contributed by atoms with Crippen LogP contribution >= 0.6 is 11.6 Å². The van der Waals surface area contributed by atoms with E-state index in [1.54, 1.807) is 37.4 Å². The Kier molecular flexibility index (Phi) is 3.31. The standard InChI is InChI=1S/C11H13ClN4O/c1-16-11(8(12)5-15-16)10(13)7-3-4-14-6-9(7)17-2/h3-6,10H,13H2,1-2H3. The molecule has 6 heteroatoms. The van der Waals surface area contributed by atoms with Gasteiger partial charge in [0.25, 0.3) is 0 Å². The number of nitrogens with two attached hydrogens (primary N) is 1. The molecule has 1 unspecified atom stereocenters. The van der Waals surface area contributed by atoms with Gasteiger partial charge in [-0.05, 0) is 6.07 Å². The van der Waals surface area contributed by atoms with E-state index >= 15 is 0 Å². The second-order valence-electron chi connectivity index (χ2n) is 3.60. The minimum Gasteiger partial charge on any atom is -0.495 e. The molecular weight excluding hydrogens is 240 g/mol. The summed E-state index contributed by atoms with van der Waals surface area (Å²) in [7, 11) is 3.38. The molecule has 2 aromatic heterocycles. The molecule has 0 amide bonds. The SMILES string of the molecule is COc1cnccc1C(N)c1c(Cl)cnn1C. The maximum atomic E-state index is 6.19. The number of methoxy groups -OCH3 is 1. The van der Waals surface area contributed by atoms with Gasteiger partial charge in [0.15, 0.2) is 0 Å². The van der Waals surface area contributed by atoms with E-state index in [9.17, 15) is 0 Å². The highest BCUT2D eigenvalue weighted by Crippen LogP contribution is 2.30. The Morgan fingerprint density at radius 2 is 2.24 bits per heavy atom. The van der Waals surface area contributed by atoms with Crippen LogP contribution in [0.4, 0.5) is 0 Å². The molecule has 0 aliphatic carbocycles. The molecule has 17 heavy (non-hydrogen) atoms. The molecule has 0 aliphatic rings. The zero-order chi connectivity index (χ0) is 12.4. The Hall–Kier alpha value is -1.59. The molecule has 90 valence electrons. The van der Waals surface area contributed by atoms with Gasteiger partial charge in [0.2, 0.25) is 0 Å². The number of halogens is 1. The van der Waals surface area contributed by atoms with Gasteiger partial charge in [-0.25, -0.2) is 0 Å². The lowest BCUT2D eigenvalue weighted by Gasteiger charge is -2.15. The fourth-order valence-electron chi connectivity index (χ4n) is 1.74. The molecule has 0 saturated carbocycles. The number of hydrogen-bond donors (Lipinski definition) is 1. The summed E-state index contributed by atoms with van der Waals surface area (Å²) in [4.78, 5) is 3.99. The fourth-order valence-corrected chi connectivity index (χ4v) is 2.02. The van der Waals surface area contributed by atoms with Gasteiger partial charge in [0.1, 0.15) is 5.75 Å². The Labute approximate surface area is 104 Å². The van der Waals surface area contributed by atoms with Crippen molar-refractivity contribution in [2.75, 3.05) is 7.11 Å². The highest BCUT2D eigenvalue weighted by Gasteiger charge is 2.20. The third-order valence-electron chi connectivity index (χ3n) is 2.60.